The van der Waals surface area contributed by atoms with E-state index in [1.807, 2.05) is 20.8 Å². The van der Waals surface area contributed by atoms with Gasteiger partial charge in [-0.25, -0.2) is 4.79 Å². The largest absolute Gasteiger partial charge is 0.497 e. The zero-order chi connectivity index (χ0) is 25.2. The lowest BCUT2D eigenvalue weighted by Gasteiger charge is -2.31. The van der Waals surface area contributed by atoms with Crippen LogP contribution in [0.25, 0.3) is 0 Å². The van der Waals surface area contributed by atoms with E-state index < -0.39 is 52.7 Å². The molecule has 0 saturated carbocycles. The molecule has 1 aliphatic heterocycles. The molecule has 1 fully saturated rings. The van der Waals surface area contributed by atoms with Crippen molar-refractivity contribution < 1.29 is 29.3 Å². The Kier molecular flexibility index (Phi) is 7.56. The van der Waals surface area contributed by atoms with Gasteiger partial charge in [0.2, 0.25) is 0 Å². The summed E-state index contributed by atoms with van der Waals surface area (Å²) in [5.74, 6) is 0.417. The van der Waals surface area contributed by atoms with Gasteiger partial charge in [0.15, 0.2) is 0 Å². The highest BCUT2D eigenvalue weighted by Gasteiger charge is 2.36. The van der Waals surface area contributed by atoms with Crippen LogP contribution >= 0.6 is 0 Å². The van der Waals surface area contributed by atoms with Crippen LogP contribution in [0, 0.1) is 15.5 Å². The van der Waals surface area contributed by atoms with E-state index in [0.29, 0.717) is 5.75 Å². The summed E-state index contributed by atoms with van der Waals surface area (Å²) in [4.78, 5) is 38.1. The van der Waals surface area contributed by atoms with E-state index in [9.17, 15) is 29.9 Å². The van der Waals surface area contributed by atoms with Crippen molar-refractivity contribution in [3.05, 3.63) is 66.5 Å². The highest BCUT2D eigenvalue weighted by molar-refractivity contribution is 5.47. The predicted molar refractivity (Wildman–Crippen MR) is 120 cm³/mol. The van der Waals surface area contributed by atoms with Gasteiger partial charge in [0, 0.05) is 18.7 Å². The minimum absolute atomic E-state index is 0.0537. The Morgan fingerprint density at radius 2 is 2.06 bits per heavy atom. The van der Waals surface area contributed by atoms with Crippen LogP contribution in [0.5, 0.6) is 5.75 Å². The van der Waals surface area contributed by atoms with E-state index in [1.54, 1.807) is 0 Å². The van der Waals surface area contributed by atoms with Crippen molar-refractivity contribution in [1.29, 1.82) is 0 Å². The zero-order valence-corrected chi connectivity index (χ0v) is 19.4. The standard InChI is InChI=1S/C22H29N3O9/c1-22(2,3)19(14-7-13(32-4)5-6-15(14)25(30)31)33-11-12-9-24(21(29)23-20(12)28)18-8-16(27)17(10-26)34-18/h5-7,9,16-19,26-27H,8,10-11H2,1-4H3,(H,23,28,29)/t16-,17+,18+,19+/m0/s1. The second-order valence-electron chi connectivity index (χ2n) is 9.17. The Morgan fingerprint density at radius 1 is 1.35 bits per heavy atom. The van der Waals surface area contributed by atoms with E-state index in [4.69, 9.17) is 14.2 Å². The topological polar surface area (TPSA) is 166 Å². The SMILES string of the molecule is COc1ccc([N+](=O)[O-])c([C@@H](OCc2cn([C@H]3C[C@H](O)[C@@H](CO)O3)c(=O)[nH]c2=O)C(C)(C)C)c1. The normalized spacial score (nSPS) is 21.4. The summed E-state index contributed by atoms with van der Waals surface area (Å²) in [6.07, 6.45) is -2.16. The Hall–Kier alpha value is -3.06. The molecule has 12 heteroatoms. The number of ether oxygens (including phenoxy) is 3. The molecule has 1 aromatic carbocycles. The fourth-order valence-electron chi connectivity index (χ4n) is 3.91. The number of nitrogens with one attached hydrogen (secondary N) is 1. The van der Waals surface area contributed by atoms with Crippen molar-refractivity contribution in [2.75, 3.05) is 13.7 Å². The first-order chi connectivity index (χ1) is 16.0. The van der Waals surface area contributed by atoms with Gasteiger partial charge in [0.1, 0.15) is 18.1 Å². The number of nitro benzene ring substituents is 1. The van der Waals surface area contributed by atoms with Crippen LogP contribution in [-0.2, 0) is 16.1 Å². The summed E-state index contributed by atoms with van der Waals surface area (Å²) in [6.45, 7) is 4.85. The van der Waals surface area contributed by atoms with E-state index in [2.05, 4.69) is 4.98 Å². The Bertz CT molecular complexity index is 1150. The number of aromatic amines is 1. The number of aliphatic hydroxyl groups is 2. The van der Waals surface area contributed by atoms with Crippen LogP contribution in [0.3, 0.4) is 0 Å². The number of benzene rings is 1. The Morgan fingerprint density at radius 3 is 2.62 bits per heavy atom. The minimum atomic E-state index is -0.965. The average molecular weight is 479 g/mol. The summed E-state index contributed by atoms with van der Waals surface area (Å²) in [7, 11) is 1.45. The van der Waals surface area contributed by atoms with Gasteiger partial charge in [0.25, 0.3) is 11.2 Å². The number of rotatable bonds is 8. The number of methoxy groups -OCH3 is 1. The summed E-state index contributed by atoms with van der Waals surface area (Å²) in [5.41, 5.74) is -1.79. The van der Waals surface area contributed by atoms with Gasteiger partial charge in [-0.1, -0.05) is 20.8 Å². The third-order valence-corrected chi connectivity index (χ3v) is 5.64. The number of nitrogens with zero attached hydrogens (tertiary/aromatic N) is 2. The molecule has 1 saturated heterocycles. The molecule has 12 nitrogen and oxygen atoms in total. The van der Waals surface area contributed by atoms with Gasteiger partial charge in [-0.2, -0.15) is 0 Å². The quantitative estimate of drug-likeness (QED) is 0.374. The molecular weight excluding hydrogens is 450 g/mol. The highest BCUT2D eigenvalue weighted by atomic mass is 16.6. The maximum atomic E-state index is 12.5. The molecule has 3 rings (SSSR count). The molecule has 1 aromatic heterocycles. The molecule has 34 heavy (non-hydrogen) atoms. The summed E-state index contributed by atoms with van der Waals surface area (Å²) in [5, 5.41) is 30.9. The van der Waals surface area contributed by atoms with Crippen molar-refractivity contribution in [3.63, 3.8) is 0 Å². The molecule has 0 spiro atoms. The van der Waals surface area contributed by atoms with Crippen molar-refractivity contribution in [3.8, 4) is 5.75 Å². The van der Waals surface area contributed by atoms with Gasteiger partial charge >= 0.3 is 5.69 Å². The number of nitro groups is 1. The van der Waals surface area contributed by atoms with E-state index >= 15 is 0 Å². The Balaban J connectivity index is 1.94. The van der Waals surface area contributed by atoms with Gasteiger partial charge in [-0.15, -0.1) is 0 Å². The van der Waals surface area contributed by atoms with Gasteiger partial charge in [-0.05, 0) is 17.5 Å². The number of hydrogen-bond acceptors (Lipinski definition) is 9. The lowest BCUT2D eigenvalue weighted by Crippen LogP contribution is -2.35. The molecule has 2 aromatic rings. The molecule has 0 radical (unpaired) electrons. The number of aliphatic hydroxyl groups excluding tert-OH is 2. The van der Waals surface area contributed by atoms with Crippen LogP contribution < -0.4 is 16.0 Å². The summed E-state index contributed by atoms with van der Waals surface area (Å²) < 4.78 is 17.9. The number of aromatic nitrogens is 2. The van der Waals surface area contributed by atoms with Crippen molar-refractivity contribution in [2.24, 2.45) is 5.41 Å². The Labute approximate surface area is 194 Å². The van der Waals surface area contributed by atoms with Crippen LogP contribution in [0.2, 0.25) is 0 Å². The first-order valence-corrected chi connectivity index (χ1v) is 10.7. The fourth-order valence-corrected chi connectivity index (χ4v) is 3.91. The van der Waals surface area contributed by atoms with Crippen LogP contribution in [-0.4, -0.2) is 50.6 Å². The second kappa shape index (κ2) is 10.1. The van der Waals surface area contributed by atoms with Crippen molar-refractivity contribution >= 4 is 5.69 Å². The van der Waals surface area contributed by atoms with E-state index in [0.717, 1.165) is 4.57 Å². The third kappa shape index (κ3) is 5.36. The summed E-state index contributed by atoms with van der Waals surface area (Å²) >= 11 is 0. The van der Waals surface area contributed by atoms with Crippen LogP contribution in [0.15, 0.2) is 34.0 Å². The zero-order valence-electron chi connectivity index (χ0n) is 19.4. The number of hydrogen-bond donors (Lipinski definition) is 3. The molecule has 186 valence electrons. The monoisotopic (exact) mass is 479 g/mol. The molecular formula is C22H29N3O9. The van der Waals surface area contributed by atoms with Crippen molar-refractivity contribution in [1.82, 2.24) is 9.55 Å². The van der Waals surface area contributed by atoms with Gasteiger partial charge in [-0.3, -0.25) is 24.5 Å². The van der Waals surface area contributed by atoms with Gasteiger partial charge < -0.3 is 24.4 Å². The first-order valence-electron chi connectivity index (χ1n) is 10.7. The highest BCUT2D eigenvalue weighted by Crippen LogP contribution is 2.42. The minimum Gasteiger partial charge on any atom is -0.497 e. The molecule has 4 atom stereocenters. The molecule has 0 aliphatic carbocycles. The van der Waals surface area contributed by atoms with Crippen LogP contribution in [0.1, 0.15) is 50.7 Å². The lowest BCUT2D eigenvalue weighted by atomic mass is 9.83. The molecule has 0 unspecified atom stereocenters. The molecule has 3 N–H and O–H groups in total. The maximum Gasteiger partial charge on any atom is 0.330 e. The third-order valence-electron chi connectivity index (χ3n) is 5.64. The fraction of sp³-hybridized carbons (Fsp3) is 0.545. The molecule has 1 aliphatic rings. The van der Waals surface area contributed by atoms with Gasteiger partial charge in [0.05, 0.1) is 48.6 Å². The molecule has 0 bridgehead atoms. The predicted octanol–water partition coefficient (Wildman–Crippen LogP) is 1.40. The number of H-pyrrole nitrogens is 1. The summed E-state index contributed by atoms with van der Waals surface area (Å²) in [6, 6.07) is 4.35. The average Bonchev–Trinajstić information content (AvgIpc) is 3.14. The smallest absolute Gasteiger partial charge is 0.330 e. The lowest BCUT2D eigenvalue weighted by molar-refractivity contribution is -0.386. The molecule has 2 heterocycles. The van der Waals surface area contributed by atoms with E-state index in [1.165, 1.54) is 31.5 Å². The maximum absolute atomic E-state index is 12.5. The van der Waals surface area contributed by atoms with Crippen molar-refractivity contribution in [2.45, 2.75) is 58.3 Å². The first kappa shape index (κ1) is 25.6. The second-order valence-corrected chi connectivity index (χ2v) is 9.17. The molecule has 0 amide bonds. The van der Waals surface area contributed by atoms with Crippen LogP contribution in [0.4, 0.5) is 5.69 Å². The van der Waals surface area contributed by atoms with E-state index in [-0.39, 0.29) is 29.8 Å².